The number of esters is 1. The first-order valence-corrected chi connectivity index (χ1v) is 21.6. The van der Waals surface area contributed by atoms with Crippen molar-refractivity contribution < 1.29 is 49.9 Å². The summed E-state index contributed by atoms with van der Waals surface area (Å²) < 4.78 is 94.7. The predicted octanol–water partition coefficient (Wildman–Crippen LogP) is 9.43. The van der Waals surface area contributed by atoms with Crippen LogP contribution >= 0.6 is 0 Å². The number of imidazole rings is 1. The van der Waals surface area contributed by atoms with Crippen LogP contribution in [0.4, 0.5) is 26.3 Å². The maximum absolute atomic E-state index is 17.7. The average Bonchev–Trinajstić information content (AvgIpc) is 3.49. The molecule has 0 spiro atoms. The molecule has 45 heavy (non-hydrogen) atoms. The van der Waals surface area contributed by atoms with E-state index in [0.29, 0.717) is 6.08 Å². The normalized spacial score (nSPS) is 14.9. The van der Waals surface area contributed by atoms with Gasteiger partial charge in [-0.15, -0.1) is 0 Å². The quantitative estimate of drug-likeness (QED) is 0.0979. The molecule has 0 bridgehead atoms. The van der Waals surface area contributed by atoms with Gasteiger partial charge in [-0.2, -0.15) is 0 Å². The SMILES string of the molecule is COC(=O)C=C[CH2][Au]([c]1c(C(C)C)cccc1C(C)C)([c]1c(C(C)C)cccc1C(C)C)(=[c]1[nH]cc[nH]1)([C](F)(F)F)[C](F)(F)F. The van der Waals surface area contributed by atoms with Crippen molar-refractivity contribution in [1.82, 2.24) is 9.97 Å². The van der Waals surface area contributed by atoms with E-state index in [-0.39, 0.29) is 22.3 Å². The van der Waals surface area contributed by atoms with Gasteiger partial charge in [0.15, 0.2) is 0 Å². The van der Waals surface area contributed by atoms with Gasteiger partial charge in [-0.25, -0.2) is 0 Å². The van der Waals surface area contributed by atoms with Crippen LogP contribution in [0.3, 0.4) is 0 Å². The van der Waals surface area contributed by atoms with Crippen molar-refractivity contribution in [3.63, 3.8) is 0 Å². The molecule has 2 N–H and O–H groups in total. The number of aromatic nitrogens is 2. The summed E-state index contributed by atoms with van der Waals surface area (Å²) in [5.74, 6) is -3.97. The van der Waals surface area contributed by atoms with Gasteiger partial charge >= 0.3 is 260 Å². The molecule has 1 aromatic heterocycles. The number of halogens is 6. The molecule has 0 unspecified atom stereocenters. The van der Waals surface area contributed by atoms with Gasteiger partial charge in [0, 0.05) is 0 Å². The van der Waals surface area contributed by atoms with Crippen molar-refractivity contribution >= 4 is 13.5 Å². The van der Waals surface area contributed by atoms with E-state index in [0.717, 1.165) is 25.6 Å². The Bertz CT molecular complexity index is 1560. The van der Waals surface area contributed by atoms with Crippen LogP contribution in [0, 0.1) is 3.63 Å². The minimum absolute atomic E-state index is 0.0425. The summed E-state index contributed by atoms with van der Waals surface area (Å²) in [6, 6.07) is 8.65. The molecule has 11 heteroatoms. The molecule has 0 aliphatic rings. The number of hydrogen-bond acceptors (Lipinski definition) is 2. The number of benzene rings is 2. The third kappa shape index (κ3) is 4.45. The van der Waals surface area contributed by atoms with Crippen LogP contribution in [0.1, 0.15) is 101 Å². The number of carbonyl (C=O) groups excluding carboxylic acids is 1. The summed E-state index contributed by atoms with van der Waals surface area (Å²) in [5.41, 5.74) is -0.170. The molecule has 0 saturated carbocycles. The summed E-state index contributed by atoms with van der Waals surface area (Å²) in [6.07, 6.45) is 3.59. The zero-order chi connectivity index (χ0) is 34.2. The molecule has 0 aliphatic carbocycles. The standard InChI is InChI=1S/2C12H17.C5H7O2.C3H4N2.2CF3.Au/c2*1-9(2)11-6-5-7-12(8-11)10(3)4;1-3-4-5(6)7-2;1-2-5-3-4-1;2*2-1(3)4;/h2*5-7,9-10H,1-4H3;3-4H,1H2,2H3;1-2,4-5H;;;. The Morgan fingerprint density at radius 2 is 1.04 bits per heavy atom. The van der Waals surface area contributed by atoms with Gasteiger partial charge in [-0.1, -0.05) is 0 Å². The first-order chi connectivity index (χ1) is 20.7. The molecule has 2 aromatic carbocycles. The number of aromatic amines is 2. The second-order valence-corrected chi connectivity index (χ2v) is 27.9. The molecule has 0 fully saturated rings. The van der Waals surface area contributed by atoms with E-state index in [1.54, 1.807) is 55.4 Å². The molecule has 3 aromatic rings. The van der Waals surface area contributed by atoms with Crippen molar-refractivity contribution in [3.05, 3.63) is 86.8 Å². The number of hydrogen-bond donors (Lipinski definition) is 2. The van der Waals surface area contributed by atoms with Gasteiger partial charge < -0.3 is 0 Å². The Kier molecular flexibility index (Phi) is 9.84. The van der Waals surface area contributed by atoms with Gasteiger partial charge in [0.1, 0.15) is 0 Å². The van der Waals surface area contributed by atoms with Crippen LogP contribution in [0.15, 0.2) is 60.9 Å². The van der Waals surface area contributed by atoms with Crippen LogP contribution < -0.4 is 7.56 Å². The van der Waals surface area contributed by atoms with Crippen LogP contribution in [-0.2, 0) is 23.6 Å². The Morgan fingerprint density at radius 3 is 1.31 bits per heavy atom. The van der Waals surface area contributed by atoms with Gasteiger partial charge in [-0.05, 0) is 0 Å². The number of H-pyrrole nitrogens is 2. The third-order valence-electron chi connectivity index (χ3n) is 7.98. The summed E-state index contributed by atoms with van der Waals surface area (Å²) in [6.45, 7) is 12.9. The zero-order valence-corrected chi connectivity index (χ0v) is 29.3. The van der Waals surface area contributed by atoms with E-state index >= 15 is 26.3 Å². The summed E-state index contributed by atoms with van der Waals surface area (Å²) in [7, 11) is 1.02. The molecule has 4 nitrogen and oxygen atoms in total. The van der Waals surface area contributed by atoms with Crippen molar-refractivity contribution in [3.8, 4) is 0 Å². The summed E-state index contributed by atoms with van der Waals surface area (Å²) in [4.78, 5) is 17.4. The number of allylic oxidation sites excluding steroid dienone is 1. The van der Waals surface area contributed by atoms with E-state index in [1.807, 2.05) is 0 Å². The van der Waals surface area contributed by atoms with E-state index in [1.165, 1.54) is 36.4 Å². The fraction of sp³-hybridized carbons (Fsp3) is 0.471. The predicted molar refractivity (Wildman–Crippen MR) is 165 cm³/mol. The Balaban J connectivity index is 3.33. The van der Waals surface area contributed by atoms with E-state index in [2.05, 4.69) is 14.7 Å². The second kappa shape index (κ2) is 12.1. The van der Waals surface area contributed by atoms with Crippen LogP contribution in [0.2, 0.25) is 4.64 Å². The van der Waals surface area contributed by atoms with E-state index < -0.39 is 68.3 Å². The number of alkyl halides is 6. The molecule has 3 rings (SSSR count). The summed E-state index contributed by atoms with van der Waals surface area (Å²) >= 11 is -9.60. The van der Waals surface area contributed by atoms with Crippen molar-refractivity contribution in [1.29, 1.82) is 0 Å². The van der Waals surface area contributed by atoms with Crippen LogP contribution in [0.5, 0.6) is 0 Å². The average molecular weight is 825 g/mol. The van der Waals surface area contributed by atoms with Crippen molar-refractivity contribution in [2.24, 2.45) is 0 Å². The summed E-state index contributed by atoms with van der Waals surface area (Å²) in [5, 5.41) is 0. The minimum atomic E-state index is -9.60. The molecular weight excluding hydrogens is 779 g/mol. The van der Waals surface area contributed by atoms with E-state index in [4.69, 9.17) is 0 Å². The van der Waals surface area contributed by atoms with Crippen molar-refractivity contribution in [2.75, 3.05) is 7.11 Å². The second-order valence-electron chi connectivity index (χ2n) is 12.0. The Morgan fingerprint density at radius 1 is 0.711 bits per heavy atom. The first-order valence-electron chi connectivity index (χ1n) is 14.6. The number of nitrogens with one attached hydrogen (secondary N) is 2. The Labute approximate surface area is 259 Å². The van der Waals surface area contributed by atoms with Crippen LogP contribution in [0.25, 0.3) is 0 Å². The van der Waals surface area contributed by atoms with Gasteiger partial charge in [-0.3, -0.25) is 0 Å². The third-order valence-corrected chi connectivity index (χ3v) is 29.3. The molecule has 1 heterocycles. The molecule has 0 amide bonds. The topological polar surface area (TPSA) is 57.9 Å². The Hall–Kier alpha value is -2.82. The molecule has 0 radical (unpaired) electrons. The number of methoxy groups -OCH3 is 1. The molecule has 0 atom stereocenters. The first kappa shape index (κ1) is 36.6. The fourth-order valence-corrected chi connectivity index (χ4v) is 27.7. The molecule has 0 saturated heterocycles. The molecule has 0 aliphatic heterocycles. The molecule has 256 valence electrons. The van der Waals surface area contributed by atoms with Gasteiger partial charge in [0.25, 0.3) is 0 Å². The maximum atomic E-state index is 17.7. The van der Waals surface area contributed by atoms with Gasteiger partial charge in [0.2, 0.25) is 0 Å². The molecular formula is C34H45AuF6N2O2. The van der Waals surface area contributed by atoms with Gasteiger partial charge in [0.05, 0.1) is 0 Å². The number of rotatable bonds is 9. The van der Waals surface area contributed by atoms with E-state index in [9.17, 15) is 4.79 Å². The van der Waals surface area contributed by atoms with Crippen LogP contribution in [-0.4, -0.2) is 31.8 Å². The zero-order valence-electron chi connectivity index (χ0n) is 27.2. The fourth-order valence-electron chi connectivity index (χ4n) is 5.78. The monoisotopic (exact) mass is 824 g/mol. The number of ether oxygens (including phenoxy) is 1. The van der Waals surface area contributed by atoms with Crippen molar-refractivity contribution in [2.45, 2.75) is 92.5 Å². The number of carbonyl (C=O) groups is 1.